The first-order chi connectivity index (χ1) is 11.5. The van der Waals surface area contributed by atoms with Gasteiger partial charge in [0, 0.05) is 6.07 Å². The molecule has 5 nitrogen and oxygen atoms in total. The molecule has 24 heavy (non-hydrogen) atoms. The fraction of sp³-hybridized carbons (Fsp3) is 0.111. The number of anilines is 1. The van der Waals surface area contributed by atoms with Crippen LogP contribution in [0, 0.1) is 0 Å². The molecule has 1 N–H and O–H groups in total. The lowest BCUT2D eigenvalue weighted by atomic mass is 10.1. The number of nitrogens with zero attached hydrogens (tertiary/aromatic N) is 1. The van der Waals surface area contributed by atoms with E-state index in [-0.39, 0.29) is 16.9 Å². The lowest BCUT2D eigenvalue weighted by molar-refractivity contribution is -0.113. The van der Waals surface area contributed by atoms with Gasteiger partial charge in [0.25, 0.3) is 11.1 Å². The Morgan fingerprint density at radius 2 is 1.83 bits per heavy atom. The highest BCUT2D eigenvalue weighted by molar-refractivity contribution is 8.19. The average molecular weight is 341 g/mol. The summed E-state index contributed by atoms with van der Waals surface area (Å²) in [6.45, 7) is 1.81. The molecule has 0 atom stereocenters. The number of ether oxygens (including phenoxy) is 1. The number of phenols is 1. The van der Waals surface area contributed by atoms with Crippen LogP contribution in [0.25, 0.3) is 5.57 Å². The quantitative estimate of drug-likeness (QED) is 0.854. The van der Waals surface area contributed by atoms with Crippen molar-refractivity contribution in [3.05, 3.63) is 59.0 Å². The number of carbonyl (C=O) groups excluding carboxylic acids is 2. The SMILES string of the molecule is COc1ccc(C(C)=C2SC(=O)N(c3cccc(O)c3)C2=O)cc1. The number of carbonyl (C=O) groups is 2. The molecule has 0 aliphatic carbocycles. The minimum absolute atomic E-state index is 0.00223. The minimum atomic E-state index is -0.385. The zero-order valence-corrected chi connectivity index (χ0v) is 14.0. The van der Waals surface area contributed by atoms with Crippen LogP contribution in [0.3, 0.4) is 0 Å². The number of imide groups is 1. The number of allylic oxidation sites excluding steroid dienone is 1. The summed E-state index contributed by atoms with van der Waals surface area (Å²) < 4.78 is 5.12. The topological polar surface area (TPSA) is 66.8 Å². The van der Waals surface area contributed by atoms with E-state index < -0.39 is 0 Å². The number of aromatic hydroxyl groups is 1. The van der Waals surface area contributed by atoms with Gasteiger partial charge >= 0.3 is 0 Å². The molecule has 1 aliphatic heterocycles. The van der Waals surface area contributed by atoms with Crippen LogP contribution in [0.2, 0.25) is 0 Å². The molecule has 122 valence electrons. The van der Waals surface area contributed by atoms with E-state index in [2.05, 4.69) is 0 Å². The highest BCUT2D eigenvalue weighted by atomic mass is 32.2. The number of amides is 2. The van der Waals surface area contributed by atoms with Gasteiger partial charge in [-0.05, 0) is 54.1 Å². The van der Waals surface area contributed by atoms with Crippen molar-refractivity contribution in [2.75, 3.05) is 12.0 Å². The van der Waals surface area contributed by atoms with E-state index in [9.17, 15) is 14.7 Å². The standard InChI is InChI=1S/C18H15NO4S/c1-11(12-6-8-15(23-2)9-7-12)16-17(21)19(18(22)24-16)13-4-3-5-14(20)10-13/h3-10,20H,1-2H3. The van der Waals surface area contributed by atoms with Crippen LogP contribution < -0.4 is 9.64 Å². The van der Waals surface area contributed by atoms with Crippen LogP contribution in [-0.4, -0.2) is 23.4 Å². The monoisotopic (exact) mass is 341 g/mol. The molecule has 1 fully saturated rings. The molecule has 0 spiro atoms. The molecular formula is C18H15NO4S. The zero-order valence-electron chi connectivity index (χ0n) is 13.1. The van der Waals surface area contributed by atoms with E-state index in [0.29, 0.717) is 10.6 Å². The molecule has 2 aromatic rings. The Balaban J connectivity index is 1.97. The second kappa shape index (κ2) is 6.41. The molecule has 2 aromatic carbocycles. The van der Waals surface area contributed by atoms with Gasteiger partial charge in [-0.3, -0.25) is 9.59 Å². The van der Waals surface area contributed by atoms with Gasteiger partial charge in [-0.2, -0.15) is 0 Å². The van der Waals surface area contributed by atoms with Crippen LogP contribution in [0.1, 0.15) is 12.5 Å². The summed E-state index contributed by atoms with van der Waals surface area (Å²) >= 11 is 0.900. The Hall–Kier alpha value is -2.73. The Kier molecular flexibility index (Phi) is 4.31. The maximum Gasteiger partial charge on any atom is 0.298 e. The number of thioether (sulfide) groups is 1. The fourth-order valence-corrected chi connectivity index (χ4v) is 3.33. The summed E-state index contributed by atoms with van der Waals surface area (Å²) in [5, 5.41) is 9.19. The minimum Gasteiger partial charge on any atom is -0.508 e. The summed E-state index contributed by atoms with van der Waals surface area (Å²) in [6, 6.07) is 13.4. The molecule has 0 bridgehead atoms. The predicted molar refractivity (Wildman–Crippen MR) is 94.2 cm³/mol. The molecule has 2 amide bonds. The first-order valence-corrected chi connectivity index (χ1v) is 8.03. The summed E-state index contributed by atoms with van der Waals surface area (Å²) in [5.41, 5.74) is 1.93. The van der Waals surface area contributed by atoms with Crippen LogP contribution >= 0.6 is 11.8 Å². The van der Waals surface area contributed by atoms with Crippen molar-refractivity contribution < 1.29 is 19.4 Å². The molecule has 0 saturated carbocycles. The first-order valence-electron chi connectivity index (χ1n) is 7.22. The van der Waals surface area contributed by atoms with Gasteiger partial charge in [0.1, 0.15) is 11.5 Å². The third-order valence-electron chi connectivity index (χ3n) is 3.72. The van der Waals surface area contributed by atoms with Crippen LogP contribution in [0.4, 0.5) is 10.5 Å². The molecule has 6 heteroatoms. The Morgan fingerprint density at radius 3 is 2.46 bits per heavy atom. The first kappa shape index (κ1) is 16.1. The third kappa shape index (κ3) is 2.88. The van der Waals surface area contributed by atoms with Crippen LogP contribution in [-0.2, 0) is 4.79 Å². The highest BCUT2D eigenvalue weighted by Crippen LogP contribution is 2.39. The summed E-state index contributed by atoms with van der Waals surface area (Å²) in [4.78, 5) is 26.4. The maximum atomic E-state index is 12.7. The van der Waals surface area contributed by atoms with Crippen molar-refractivity contribution in [3.8, 4) is 11.5 Å². The van der Waals surface area contributed by atoms with Crippen LogP contribution in [0.5, 0.6) is 11.5 Å². The lowest BCUT2D eigenvalue weighted by Gasteiger charge is -2.12. The molecule has 0 unspecified atom stereocenters. The summed E-state index contributed by atoms with van der Waals surface area (Å²) in [6.07, 6.45) is 0. The zero-order chi connectivity index (χ0) is 17.3. The lowest BCUT2D eigenvalue weighted by Crippen LogP contribution is -2.27. The molecule has 1 aliphatic rings. The van der Waals surface area contributed by atoms with Crippen molar-refractivity contribution in [2.24, 2.45) is 0 Å². The van der Waals surface area contributed by atoms with Crippen molar-refractivity contribution in [1.29, 1.82) is 0 Å². The van der Waals surface area contributed by atoms with Gasteiger partial charge < -0.3 is 9.84 Å². The van der Waals surface area contributed by atoms with Gasteiger partial charge in [-0.15, -0.1) is 0 Å². The van der Waals surface area contributed by atoms with E-state index in [1.165, 1.54) is 12.1 Å². The van der Waals surface area contributed by atoms with Crippen molar-refractivity contribution in [1.82, 2.24) is 0 Å². The highest BCUT2D eigenvalue weighted by Gasteiger charge is 2.37. The van der Waals surface area contributed by atoms with Crippen molar-refractivity contribution in [2.45, 2.75) is 6.92 Å². The Bertz CT molecular complexity index is 842. The molecule has 1 saturated heterocycles. The second-order valence-electron chi connectivity index (χ2n) is 5.21. The van der Waals surface area contributed by atoms with E-state index in [4.69, 9.17) is 4.74 Å². The number of rotatable bonds is 3. The average Bonchev–Trinajstić information content (AvgIpc) is 2.89. The van der Waals surface area contributed by atoms with Crippen molar-refractivity contribution in [3.63, 3.8) is 0 Å². The van der Waals surface area contributed by atoms with E-state index in [1.807, 2.05) is 12.1 Å². The van der Waals surface area contributed by atoms with E-state index in [0.717, 1.165) is 33.5 Å². The predicted octanol–water partition coefficient (Wildman–Crippen LogP) is 4.03. The number of phenolic OH excluding ortho intramolecular Hbond substituents is 1. The number of hydrogen-bond acceptors (Lipinski definition) is 5. The Morgan fingerprint density at radius 1 is 1.12 bits per heavy atom. The summed E-state index contributed by atoms with van der Waals surface area (Å²) in [5.74, 6) is 0.339. The molecule has 1 heterocycles. The second-order valence-corrected chi connectivity index (χ2v) is 6.17. The molecule has 3 rings (SSSR count). The van der Waals surface area contributed by atoms with Gasteiger partial charge in [-0.25, -0.2) is 4.90 Å². The largest absolute Gasteiger partial charge is 0.508 e. The van der Waals surface area contributed by atoms with Crippen LogP contribution in [0.15, 0.2) is 53.4 Å². The third-order valence-corrected chi connectivity index (χ3v) is 4.76. The molecular weight excluding hydrogens is 326 g/mol. The fourth-order valence-electron chi connectivity index (χ4n) is 2.42. The van der Waals surface area contributed by atoms with E-state index >= 15 is 0 Å². The maximum absolute atomic E-state index is 12.7. The van der Waals surface area contributed by atoms with Crippen molar-refractivity contribution >= 4 is 34.2 Å². The Labute approximate surface area is 143 Å². The molecule has 0 aromatic heterocycles. The number of benzene rings is 2. The molecule has 0 radical (unpaired) electrons. The van der Waals surface area contributed by atoms with Gasteiger partial charge in [-0.1, -0.05) is 18.2 Å². The van der Waals surface area contributed by atoms with Gasteiger partial charge in [0.15, 0.2) is 0 Å². The summed E-state index contributed by atoms with van der Waals surface area (Å²) in [7, 11) is 1.59. The smallest absolute Gasteiger partial charge is 0.298 e. The number of hydrogen-bond donors (Lipinski definition) is 1. The van der Waals surface area contributed by atoms with E-state index in [1.54, 1.807) is 38.3 Å². The van der Waals surface area contributed by atoms with Gasteiger partial charge in [0.05, 0.1) is 17.7 Å². The van der Waals surface area contributed by atoms with Gasteiger partial charge in [0.2, 0.25) is 0 Å². The number of methoxy groups -OCH3 is 1. The normalized spacial score (nSPS) is 16.5.